The van der Waals surface area contributed by atoms with Crippen molar-refractivity contribution in [3.8, 4) is 0 Å². The van der Waals surface area contributed by atoms with E-state index in [1.165, 1.54) is 38.5 Å². The van der Waals surface area contributed by atoms with E-state index in [0.29, 0.717) is 0 Å². The molecule has 0 heterocycles. The van der Waals surface area contributed by atoms with Crippen molar-refractivity contribution in [1.29, 1.82) is 0 Å². The van der Waals surface area contributed by atoms with Crippen LogP contribution in [0.4, 0.5) is 0 Å². The van der Waals surface area contributed by atoms with Gasteiger partial charge in [0.05, 0.1) is 6.61 Å². The van der Waals surface area contributed by atoms with Gasteiger partial charge in [0, 0.05) is 25.2 Å². The Morgan fingerprint density at radius 3 is 2.78 bits per heavy atom. The Hall–Kier alpha value is -0.120. The molecule has 2 unspecified atom stereocenters. The first-order chi connectivity index (χ1) is 8.57. The molecule has 2 atom stereocenters. The molecule has 2 aliphatic carbocycles. The number of likely N-dealkylation sites (N-methyl/N-ethyl adjacent to an activating group) is 1. The maximum absolute atomic E-state index is 6.53. The summed E-state index contributed by atoms with van der Waals surface area (Å²) in [6.07, 6.45) is 7.76. The van der Waals surface area contributed by atoms with Gasteiger partial charge in [-0.05, 0) is 44.6 Å². The second-order valence-corrected chi connectivity index (χ2v) is 6.82. The lowest BCUT2D eigenvalue weighted by molar-refractivity contribution is 0.0896. The summed E-state index contributed by atoms with van der Waals surface area (Å²) in [6.45, 7) is 6.20. The van der Waals surface area contributed by atoms with Crippen molar-refractivity contribution in [2.24, 2.45) is 17.6 Å². The lowest BCUT2D eigenvalue weighted by Gasteiger charge is -2.39. The minimum atomic E-state index is 0.0446. The van der Waals surface area contributed by atoms with Crippen LogP contribution in [0, 0.1) is 11.8 Å². The monoisotopic (exact) mass is 254 g/mol. The Bertz CT molecular complexity index is 255. The minimum Gasteiger partial charge on any atom is -0.380 e. The molecule has 3 nitrogen and oxygen atoms in total. The topological polar surface area (TPSA) is 38.5 Å². The Kier molecular flexibility index (Phi) is 5.05. The highest BCUT2D eigenvalue weighted by atomic mass is 16.5. The number of ether oxygens (including phenoxy) is 1. The first kappa shape index (κ1) is 14.3. The number of hydrogen-bond donors (Lipinski definition) is 1. The van der Waals surface area contributed by atoms with E-state index in [1.54, 1.807) is 0 Å². The Balaban J connectivity index is 1.60. The van der Waals surface area contributed by atoms with Gasteiger partial charge in [0.1, 0.15) is 0 Å². The smallest absolute Gasteiger partial charge is 0.0593 e. The van der Waals surface area contributed by atoms with Gasteiger partial charge in [0.2, 0.25) is 0 Å². The Morgan fingerprint density at radius 1 is 1.33 bits per heavy atom. The molecular weight excluding hydrogens is 224 g/mol. The molecule has 0 spiro atoms. The first-order valence-electron chi connectivity index (χ1n) is 7.62. The molecule has 2 rings (SSSR count). The molecule has 3 heteroatoms. The fourth-order valence-corrected chi connectivity index (χ4v) is 3.22. The molecule has 0 radical (unpaired) electrons. The van der Waals surface area contributed by atoms with Gasteiger partial charge in [-0.15, -0.1) is 0 Å². The van der Waals surface area contributed by atoms with E-state index in [9.17, 15) is 0 Å². The molecule has 106 valence electrons. The van der Waals surface area contributed by atoms with E-state index >= 15 is 0 Å². The van der Waals surface area contributed by atoms with Crippen LogP contribution in [0.1, 0.15) is 45.4 Å². The van der Waals surface area contributed by atoms with E-state index in [-0.39, 0.29) is 5.54 Å². The predicted octanol–water partition coefficient (Wildman–Crippen LogP) is 2.25. The summed E-state index contributed by atoms with van der Waals surface area (Å²) in [4.78, 5) is 2.35. The number of rotatable bonds is 7. The van der Waals surface area contributed by atoms with Gasteiger partial charge in [-0.2, -0.15) is 0 Å². The highest BCUT2D eigenvalue weighted by Crippen LogP contribution is 2.31. The minimum absolute atomic E-state index is 0.0446. The highest BCUT2D eigenvalue weighted by molar-refractivity contribution is 4.91. The summed E-state index contributed by atoms with van der Waals surface area (Å²) in [5, 5.41) is 0. The van der Waals surface area contributed by atoms with Crippen LogP contribution in [0.2, 0.25) is 0 Å². The van der Waals surface area contributed by atoms with Gasteiger partial charge in [-0.25, -0.2) is 0 Å². The zero-order valence-electron chi connectivity index (χ0n) is 12.2. The molecule has 2 aliphatic rings. The molecular formula is C15H30N2O. The van der Waals surface area contributed by atoms with Crippen LogP contribution in [-0.2, 0) is 4.74 Å². The maximum atomic E-state index is 6.53. The van der Waals surface area contributed by atoms with E-state index in [0.717, 1.165) is 38.1 Å². The molecule has 2 fully saturated rings. The van der Waals surface area contributed by atoms with Crippen molar-refractivity contribution < 1.29 is 4.74 Å². The molecule has 0 aromatic rings. The number of nitrogens with two attached hydrogens (primary N) is 1. The number of hydrogen-bond acceptors (Lipinski definition) is 3. The standard InChI is InChI=1S/C15H30N2O/c1-13-4-3-7-15(16,10-13)12-17(2)8-9-18-11-14-5-6-14/h13-14H,3-12,16H2,1-2H3. The van der Waals surface area contributed by atoms with Gasteiger partial charge in [0.25, 0.3) is 0 Å². The van der Waals surface area contributed by atoms with Crippen LogP contribution in [0.5, 0.6) is 0 Å². The molecule has 0 aromatic carbocycles. The van der Waals surface area contributed by atoms with E-state index in [1.807, 2.05) is 0 Å². The van der Waals surface area contributed by atoms with Crippen molar-refractivity contribution in [3.63, 3.8) is 0 Å². The second-order valence-electron chi connectivity index (χ2n) is 6.82. The first-order valence-corrected chi connectivity index (χ1v) is 7.62. The molecule has 2 saturated carbocycles. The second kappa shape index (κ2) is 6.36. The summed E-state index contributed by atoms with van der Waals surface area (Å²) >= 11 is 0. The molecule has 2 N–H and O–H groups in total. The van der Waals surface area contributed by atoms with Crippen molar-refractivity contribution in [3.05, 3.63) is 0 Å². The fraction of sp³-hybridized carbons (Fsp3) is 1.00. The third-order valence-corrected chi connectivity index (χ3v) is 4.38. The average molecular weight is 254 g/mol. The summed E-state index contributed by atoms with van der Waals surface area (Å²) < 4.78 is 5.69. The highest BCUT2D eigenvalue weighted by Gasteiger charge is 2.31. The summed E-state index contributed by atoms with van der Waals surface area (Å²) in [7, 11) is 2.17. The maximum Gasteiger partial charge on any atom is 0.0593 e. The average Bonchev–Trinajstić information content (AvgIpc) is 3.07. The lowest BCUT2D eigenvalue weighted by Crippen LogP contribution is -2.52. The molecule has 0 aliphatic heterocycles. The largest absolute Gasteiger partial charge is 0.380 e. The van der Waals surface area contributed by atoms with Gasteiger partial charge in [-0.1, -0.05) is 19.8 Å². The van der Waals surface area contributed by atoms with Crippen LogP contribution in [0.3, 0.4) is 0 Å². The third-order valence-electron chi connectivity index (χ3n) is 4.38. The van der Waals surface area contributed by atoms with Gasteiger partial charge in [0.15, 0.2) is 0 Å². The fourth-order valence-electron chi connectivity index (χ4n) is 3.22. The quantitative estimate of drug-likeness (QED) is 0.708. The van der Waals surface area contributed by atoms with E-state index in [4.69, 9.17) is 10.5 Å². The van der Waals surface area contributed by atoms with Crippen LogP contribution >= 0.6 is 0 Å². The van der Waals surface area contributed by atoms with Crippen LogP contribution in [0.25, 0.3) is 0 Å². The van der Waals surface area contributed by atoms with Gasteiger partial charge < -0.3 is 15.4 Å². The summed E-state index contributed by atoms with van der Waals surface area (Å²) in [5.41, 5.74) is 6.57. The van der Waals surface area contributed by atoms with Crippen molar-refractivity contribution in [2.45, 2.75) is 51.0 Å². The zero-order valence-corrected chi connectivity index (χ0v) is 12.2. The third kappa shape index (κ3) is 4.87. The van der Waals surface area contributed by atoms with Gasteiger partial charge >= 0.3 is 0 Å². The normalized spacial score (nSPS) is 33.0. The SMILES string of the molecule is CC1CCCC(N)(CN(C)CCOCC2CC2)C1. The number of nitrogens with zero attached hydrogens (tertiary/aromatic N) is 1. The van der Waals surface area contributed by atoms with Crippen molar-refractivity contribution in [2.75, 3.05) is 33.4 Å². The van der Waals surface area contributed by atoms with E-state index < -0.39 is 0 Å². The predicted molar refractivity (Wildman–Crippen MR) is 75.6 cm³/mol. The van der Waals surface area contributed by atoms with Gasteiger partial charge in [-0.3, -0.25) is 0 Å². The molecule has 0 aromatic heterocycles. The summed E-state index contributed by atoms with van der Waals surface area (Å²) in [6, 6.07) is 0. The summed E-state index contributed by atoms with van der Waals surface area (Å²) in [5.74, 6) is 1.67. The Morgan fingerprint density at radius 2 is 2.11 bits per heavy atom. The molecule has 0 saturated heterocycles. The zero-order chi connectivity index (χ0) is 13.0. The Labute approximate surface area is 112 Å². The van der Waals surface area contributed by atoms with Crippen molar-refractivity contribution in [1.82, 2.24) is 4.90 Å². The van der Waals surface area contributed by atoms with Crippen LogP contribution < -0.4 is 5.73 Å². The molecule has 0 amide bonds. The molecule has 18 heavy (non-hydrogen) atoms. The van der Waals surface area contributed by atoms with Crippen molar-refractivity contribution >= 4 is 0 Å². The van der Waals surface area contributed by atoms with E-state index in [2.05, 4.69) is 18.9 Å². The van der Waals surface area contributed by atoms with Crippen LogP contribution in [0.15, 0.2) is 0 Å². The lowest BCUT2D eigenvalue weighted by atomic mass is 9.77. The van der Waals surface area contributed by atoms with Crippen LogP contribution in [-0.4, -0.2) is 43.8 Å². The molecule has 0 bridgehead atoms.